The summed E-state index contributed by atoms with van der Waals surface area (Å²) in [5.41, 5.74) is 7.87. The summed E-state index contributed by atoms with van der Waals surface area (Å²) in [6.45, 7) is 6.48. The Morgan fingerprint density at radius 2 is 1.89 bits per heavy atom. The third kappa shape index (κ3) is 4.31. The van der Waals surface area contributed by atoms with E-state index in [0.29, 0.717) is 17.7 Å². The number of hydrogen-bond acceptors (Lipinski definition) is 5. The molecular formula is C18H19Cl2N5O2. The van der Waals surface area contributed by atoms with Crippen molar-refractivity contribution in [3.05, 3.63) is 52.2 Å². The molecule has 0 saturated heterocycles. The van der Waals surface area contributed by atoms with Crippen LogP contribution in [-0.4, -0.2) is 25.6 Å². The zero-order valence-electron chi connectivity index (χ0n) is 15.1. The fourth-order valence-electron chi connectivity index (χ4n) is 2.89. The first-order chi connectivity index (χ1) is 12.6. The van der Waals surface area contributed by atoms with Gasteiger partial charge in [-0.1, -0.05) is 56.6 Å². The number of rotatable bonds is 4. The van der Waals surface area contributed by atoms with Crippen LogP contribution in [0.15, 0.2) is 30.6 Å². The fourth-order valence-corrected chi connectivity index (χ4v) is 3.37. The summed E-state index contributed by atoms with van der Waals surface area (Å²) < 4.78 is 7.16. The number of amides is 1. The minimum Gasteiger partial charge on any atom is -0.441 e. The second kappa shape index (κ2) is 7.32. The number of benzene rings is 1. The fraction of sp³-hybridized carbons (Fsp3) is 0.333. The van der Waals surface area contributed by atoms with Crippen LogP contribution in [0.3, 0.4) is 0 Å². The molecule has 27 heavy (non-hydrogen) atoms. The summed E-state index contributed by atoms with van der Waals surface area (Å²) in [6.07, 6.45) is 0.407. The first kappa shape index (κ1) is 19.4. The Morgan fingerprint density at radius 3 is 2.48 bits per heavy atom. The summed E-state index contributed by atoms with van der Waals surface area (Å²) >= 11 is 12.0. The highest BCUT2D eigenvalue weighted by Crippen LogP contribution is 2.36. The van der Waals surface area contributed by atoms with E-state index < -0.39 is 12.2 Å². The van der Waals surface area contributed by atoms with Gasteiger partial charge in [-0.15, -0.1) is 0 Å². The van der Waals surface area contributed by atoms with Crippen molar-refractivity contribution in [2.45, 2.75) is 33.4 Å². The van der Waals surface area contributed by atoms with Crippen molar-refractivity contribution in [2.24, 2.45) is 11.1 Å². The lowest BCUT2D eigenvalue weighted by Crippen LogP contribution is -2.26. The summed E-state index contributed by atoms with van der Waals surface area (Å²) in [5, 5.41) is 0.312. The molecule has 142 valence electrons. The van der Waals surface area contributed by atoms with Crippen LogP contribution >= 0.6 is 23.2 Å². The Morgan fingerprint density at radius 1 is 1.22 bits per heavy atom. The summed E-state index contributed by atoms with van der Waals surface area (Å²) in [5.74, 6) is 0. The second-order valence-corrected chi connectivity index (χ2v) is 7.95. The number of ether oxygens (including phenoxy) is 1. The number of aromatic nitrogens is 4. The highest BCUT2D eigenvalue weighted by atomic mass is 35.5. The highest BCUT2D eigenvalue weighted by Gasteiger charge is 2.29. The molecule has 1 atom stereocenters. The van der Waals surface area contributed by atoms with Gasteiger partial charge < -0.3 is 15.0 Å². The number of fused-ring (bicyclic) bond motifs is 1. The number of primary amides is 1. The van der Waals surface area contributed by atoms with Crippen LogP contribution in [0.1, 0.15) is 38.0 Å². The van der Waals surface area contributed by atoms with Crippen molar-refractivity contribution in [3.63, 3.8) is 0 Å². The number of carbonyl (C=O) groups is 1. The highest BCUT2D eigenvalue weighted by molar-refractivity contribution is 6.35. The largest absolute Gasteiger partial charge is 0.441 e. The molecule has 2 heterocycles. The molecule has 2 N–H and O–H groups in total. The maximum Gasteiger partial charge on any atom is 0.405 e. The average Bonchev–Trinajstić information content (AvgIpc) is 2.95. The molecule has 7 nitrogen and oxygen atoms in total. The lowest BCUT2D eigenvalue weighted by atomic mass is 9.84. The molecular weight excluding hydrogens is 389 g/mol. The number of carbonyl (C=O) groups excluding carboxylic acids is 1. The molecule has 3 aromatic rings. The van der Waals surface area contributed by atoms with E-state index in [1.165, 1.54) is 0 Å². The number of halogens is 2. The van der Waals surface area contributed by atoms with E-state index in [-0.39, 0.29) is 15.9 Å². The first-order valence-corrected chi connectivity index (χ1v) is 8.99. The first-order valence-electron chi connectivity index (χ1n) is 8.24. The Bertz CT molecular complexity index is 980. The van der Waals surface area contributed by atoms with Crippen LogP contribution in [0.5, 0.6) is 0 Å². The lowest BCUT2D eigenvalue weighted by molar-refractivity contribution is 0.0360. The molecule has 0 spiro atoms. The maximum atomic E-state index is 11.2. The van der Waals surface area contributed by atoms with E-state index in [9.17, 15) is 4.79 Å². The number of hydrogen-bond donors (Lipinski definition) is 1. The van der Waals surface area contributed by atoms with Gasteiger partial charge in [-0.2, -0.15) is 4.98 Å². The van der Waals surface area contributed by atoms with Crippen molar-refractivity contribution in [1.82, 2.24) is 19.5 Å². The van der Waals surface area contributed by atoms with Crippen LogP contribution < -0.4 is 5.73 Å². The lowest BCUT2D eigenvalue weighted by Gasteiger charge is -2.30. The normalized spacial score (nSPS) is 12.9. The monoisotopic (exact) mass is 407 g/mol. The van der Waals surface area contributed by atoms with Gasteiger partial charge >= 0.3 is 6.09 Å². The maximum absolute atomic E-state index is 11.2. The Kier molecular flexibility index (Phi) is 5.26. The van der Waals surface area contributed by atoms with Crippen LogP contribution in [0.25, 0.3) is 11.2 Å². The predicted molar refractivity (Wildman–Crippen MR) is 104 cm³/mol. The Labute approximate surface area is 166 Å². The Balaban J connectivity index is 1.87. The van der Waals surface area contributed by atoms with E-state index in [4.69, 9.17) is 33.7 Å². The molecule has 9 heteroatoms. The quantitative estimate of drug-likeness (QED) is 0.511. The number of nitrogens with zero attached hydrogens (tertiary/aromatic N) is 4. The number of imidazole rings is 1. The molecule has 1 aromatic carbocycles. The van der Waals surface area contributed by atoms with Crippen LogP contribution in [0.2, 0.25) is 10.4 Å². The van der Waals surface area contributed by atoms with E-state index in [1.54, 1.807) is 6.33 Å². The molecule has 3 rings (SSSR count). The molecule has 0 saturated carbocycles. The zero-order chi connectivity index (χ0) is 19.8. The van der Waals surface area contributed by atoms with Crippen LogP contribution in [0.4, 0.5) is 4.79 Å². The second-order valence-electron chi connectivity index (χ2n) is 7.25. The SMILES string of the molecule is CC(C)(C)C(OC(N)=O)c1ccc(Cn2cnc3nc(Cl)nc(Cl)c32)cc1. The van der Waals surface area contributed by atoms with Gasteiger partial charge in [0.05, 0.1) is 6.33 Å². The minimum atomic E-state index is -0.794. The summed E-state index contributed by atoms with van der Waals surface area (Å²) in [7, 11) is 0. The van der Waals surface area contributed by atoms with Gasteiger partial charge in [-0.05, 0) is 22.7 Å². The van der Waals surface area contributed by atoms with Gasteiger partial charge in [0.1, 0.15) is 11.6 Å². The topological polar surface area (TPSA) is 95.9 Å². The van der Waals surface area contributed by atoms with E-state index in [0.717, 1.165) is 11.1 Å². The van der Waals surface area contributed by atoms with Gasteiger partial charge in [-0.3, -0.25) is 0 Å². The zero-order valence-corrected chi connectivity index (χ0v) is 16.6. The molecule has 0 radical (unpaired) electrons. The third-order valence-corrected chi connectivity index (χ3v) is 4.49. The van der Waals surface area contributed by atoms with Gasteiger partial charge in [0.25, 0.3) is 0 Å². The molecule has 0 aliphatic rings. The Hall–Kier alpha value is -2.38. The van der Waals surface area contributed by atoms with Gasteiger partial charge in [0.2, 0.25) is 5.28 Å². The van der Waals surface area contributed by atoms with Crippen molar-refractivity contribution in [2.75, 3.05) is 0 Å². The molecule has 0 bridgehead atoms. The standard InChI is InChI=1S/C18H19Cl2N5O2/c1-18(2,3)13(27-17(21)26)11-6-4-10(5-7-11)8-25-9-22-15-12(25)14(19)23-16(20)24-15/h4-7,9,13H,8H2,1-3H3,(H2,21,26). The summed E-state index contributed by atoms with van der Waals surface area (Å²) in [4.78, 5) is 23.5. The molecule has 0 aliphatic heterocycles. The van der Waals surface area contributed by atoms with Crippen molar-refractivity contribution >= 4 is 40.5 Å². The van der Waals surface area contributed by atoms with Crippen molar-refractivity contribution < 1.29 is 9.53 Å². The van der Waals surface area contributed by atoms with Gasteiger partial charge in [0.15, 0.2) is 10.8 Å². The predicted octanol–water partition coefficient (Wildman–Crippen LogP) is 4.36. The van der Waals surface area contributed by atoms with E-state index >= 15 is 0 Å². The van der Waals surface area contributed by atoms with Crippen LogP contribution in [-0.2, 0) is 11.3 Å². The van der Waals surface area contributed by atoms with E-state index in [2.05, 4.69) is 15.0 Å². The molecule has 2 aromatic heterocycles. The van der Waals surface area contributed by atoms with Crippen molar-refractivity contribution in [3.8, 4) is 0 Å². The molecule has 1 unspecified atom stereocenters. The number of nitrogens with two attached hydrogens (primary N) is 1. The van der Waals surface area contributed by atoms with Crippen LogP contribution in [0, 0.1) is 5.41 Å². The van der Waals surface area contributed by atoms with Gasteiger partial charge in [0, 0.05) is 12.0 Å². The third-order valence-electron chi connectivity index (χ3n) is 4.06. The molecule has 0 fully saturated rings. The smallest absolute Gasteiger partial charge is 0.405 e. The molecule has 1 amide bonds. The average molecular weight is 408 g/mol. The van der Waals surface area contributed by atoms with E-state index in [1.807, 2.05) is 49.6 Å². The van der Waals surface area contributed by atoms with Gasteiger partial charge in [-0.25, -0.2) is 14.8 Å². The summed E-state index contributed by atoms with van der Waals surface area (Å²) in [6, 6.07) is 7.74. The minimum absolute atomic E-state index is 0.0600. The molecule has 0 aliphatic carbocycles. The van der Waals surface area contributed by atoms with Crippen molar-refractivity contribution in [1.29, 1.82) is 0 Å².